The first kappa shape index (κ1) is 7.58. The molecule has 0 aromatic carbocycles. The molecule has 0 bridgehead atoms. The summed E-state index contributed by atoms with van der Waals surface area (Å²) in [6.45, 7) is 1.44. The summed E-state index contributed by atoms with van der Waals surface area (Å²) < 4.78 is 18.2. The molecule has 0 radical (unpaired) electrons. The molecule has 0 aromatic heterocycles. The van der Waals surface area contributed by atoms with Crippen LogP contribution in [0, 0.1) is 0 Å². The molecule has 0 aliphatic heterocycles. The largest absolute Gasteiger partial charge is 0.343 e. The van der Waals surface area contributed by atoms with Crippen LogP contribution < -0.4 is 5.32 Å². The van der Waals surface area contributed by atoms with E-state index < -0.39 is 16.5 Å². The number of hydrogen-bond donors (Lipinski definition) is 2. The molecule has 0 aliphatic rings. The number of nitrogens with one attached hydrogen (secondary N) is 1. The molecule has 48 valence electrons. The summed E-state index contributed by atoms with van der Waals surface area (Å²) >= 11 is -1.95. The summed E-state index contributed by atoms with van der Waals surface area (Å²) in [7, 11) is 0. The lowest BCUT2D eigenvalue weighted by atomic mass is 10.8. The Hall–Kier alpha value is -0.420. The zero-order chi connectivity index (χ0) is 6.57. The minimum Gasteiger partial charge on any atom is -0.343 e. The van der Waals surface area contributed by atoms with Gasteiger partial charge in [0.25, 0.3) is 0 Å². The van der Waals surface area contributed by atoms with Gasteiger partial charge in [-0.2, -0.15) is 0 Å². The normalized spacial score (nSPS) is 16.8. The second-order valence-electron chi connectivity index (χ2n) is 1.20. The second-order valence-corrected chi connectivity index (χ2v) is 2.46. The summed E-state index contributed by atoms with van der Waals surface area (Å²) in [5.74, 6) is 0. The van der Waals surface area contributed by atoms with Crippen molar-refractivity contribution in [2.24, 2.45) is 0 Å². The molecule has 0 rings (SSSR count). The average molecular weight is 137 g/mol. The van der Waals surface area contributed by atoms with E-state index in [-0.39, 0.29) is 0 Å². The Balaban J connectivity index is 3.46. The second kappa shape index (κ2) is 3.57. The van der Waals surface area contributed by atoms with Crippen molar-refractivity contribution in [1.29, 1.82) is 0 Å². The molecule has 0 heterocycles. The number of carbonyl (C=O) groups excluding carboxylic acids is 1. The van der Waals surface area contributed by atoms with Gasteiger partial charge >= 0.3 is 0 Å². The van der Waals surface area contributed by atoms with Crippen LogP contribution in [0.15, 0.2) is 0 Å². The van der Waals surface area contributed by atoms with Crippen molar-refractivity contribution >= 4 is 17.5 Å². The van der Waals surface area contributed by atoms with E-state index in [2.05, 4.69) is 5.32 Å². The van der Waals surface area contributed by atoms with E-state index in [0.717, 1.165) is 0 Å². The van der Waals surface area contributed by atoms with Gasteiger partial charge in [0.1, 0.15) is 5.37 Å². The van der Waals surface area contributed by atoms with Crippen LogP contribution in [0.3, 0.4) is 0 Å². The summed E-state index contributed by atoms with van der Waals surface area (Å²) in [5.41, 5.74) is 0. The van der Waals surface area contributed by atoms with Crippen molar-refractivity contribution in [1.82, 2.24) is 5.32 Å². The molecule has 0 saturated carbocycles. The number of amides is 1. The molecule has 1 amide bonds. The van der Waals surface area contributed by atoms with Crippen molar-refractivity contribution in [3.05, 3.63) is 0 Å². The molecule has 2 N–H and O–H groups in total. The van der Waals surface area contributed by atoms with Gasteiger partial charge in [0.2, 0.25) is 6.41 Å². The van der Waals surface area contributed by atoms with E-state index in [1.54, 1.807) is 0 Å². The van der Waals surface area contributed by atoms with Gasteiger partial charge in [-0.3, -0.25) is 4.79 Å². The summed E-state index contributed by atoms with van der Waals surface area (Å²) in [6, 6.07) is 0. The number of carbonyl (C=O) groups is 1. The van der Waals surface area contributed by atoms with Gasteiger partial charge in [-0.15, -0.1) is 0 Å². The fraction of sp³-hybridized carbons (Fsp3) is 0.667. The highest BCUT2D eigenvalue weighted by atomic mass is 32.2. The Labute approximate surface area is 49.6 Å². The molecule has 2 atom stereocenters. The van der Waals surface area contributed by atoms with E-state index in [9.17, 15) is 9.00 Å². The van der Waals surface area contributed by atoms with E-state index in [0.29, 0.717) is 6.41 Å². The standard InChI is InChI=1S/C3H7NO3S/c1-3(4-2-5)8(6)7/h2-3H,1H3,(H,4,5)(H,6,7). The zero-order valence-corrected chi connectivity index (χ0v) is 5.14. The molecule has 0 saturated heterocycles. The third-order valence-corrected chi connectivity index (χ3v) is 1.35. The summed E-state index contributed by atoms with van der Waals surface area (Å²) in [4.78, 5) is 9.56. The molecule has 5 heteroatoms. The molecule has 8 heavy (non-hydrogen) atoms. The smallest absolute Gasteiger partial charge is 0.208 e. The summed E-state index contributed by atoms with van der Waals surface area (Å²) in [6.07, 6.45) is 0.388. The lowest BCUT2D eigenvalue weighted by molar-refractivity contribution is -0.109. The highest BCUT2D eigenvalue weighted by molar-refractivity contribution is 7.79. The first-order valence-corrected chi connectivity index (χ1v) is 3.15. The van der Waals surface area contributed by atoms with Gasteiger partial charge in [0.05, 0.1) is 0 Å². The molecule has 0 aromatic rings. The fourth-order valence-electron chi connectivity index (χ4n) is 0.154. The third-order valence-electron chi connectivity index (χ3n) is 0.605. The van der Waals surface area contributed by atoms with Crippen molar-refractivity contribution in [2.45, 2.75) is 12.3 Å². The minimum absolute atomic E-state index is 0.388. The molecular formula is C3H7NO3S. The van der Waals surface area contributed by atoms with Crippen LogP contribution in [0.5, 0.6) is 0 Å². The third kappa shape index (κ3) is 2.70. The minimum atomic E-state index is -1.95. The van der Waals surface area contributed by atoms with E-state index in [4.69, 9.17) is 4.55 Å². The lowest BCUT2D eigenvalue weighted by Crippen LogP contribution is -2.28. The maximum Gasteiger partial charge on any atom is 0.208 e. The predicted molar refractivity (Wildman–Crippen MR) is 29.4 cm³/mol. The molecule has 2 unspecified atom stereocenters. The van der Waals surface area contributed by atoms with E-state index in [1.807, 2.05) is 0 Å². The van der Waals surface area contributed by atoms with E-state index >= 15 is 0 Å². The van der Waals surface area contributed by atoms with E-state index in [1.165, 1.54) is 6.92 Å². The fourth-order valence-corrected chi connectivity index (χ4v) is 0.326. The lowest BCUT2D eigenvalue weighted by Gasteiger charge is -2.01. The van der Waals surface area contributed by atoms with Gasteiger partial charge in [-0.25, -0.2) is 4.21 Å². The van der Waals surface area contributed by atoms with Crippen molar-refractivity contribution in [2.75, 3.05) is 0 Å². The van der Waals surface area contributed by atoms with Crippen LogP contribution >= 0.6 is 0 Å². The van der Waals surface area contributed by atoms with Gasteiger partial charge < -0.3 is 9.87 Å². The first-order chi connectivity index (χ1) is 3.68. The van der Waals surface area contributed by atoms with Gasteiger partial charge in [-0.05, 0) is 6.92 Å². The summed E-state index contributed by atoms with van der Waals surface area (Å²) in [5, 5.41) is 1.44. The Morgan fingerprint density at radius 2 is 2.38 bits per heavy atom. The van der Waals surface area contributed by atoms with Crippen LogP contribution in [-0.2, 0) is 15.9 Å². The predicted octanol–water partition coefficient (Wildman–Crippen LogP) is -0.700. The molecule has 0 aliphatic carbocycles. The maximum absolute atomic E-state index is 9.98. The van der Waals surface area contributed by atoms with Crippen molar-refractivity contribution < 1.29 is 13.6 Å². The van der Waals surface area contributed by atoms with Gasteiger partial charge in [0, 0.05) is 0 Å². The SMILES string of the molecule is CC(NC=O)S(=O)O. The topological polar surface area (TPSA) is 66.4 Å². The van der Waals surface area contributed by atoms with Crippen LogP contribution in [0.2, 0.25) is 0 Å². The number of hydrogen-bond acceptors (Lipinski definition) is 2. The monoisotopic (exact) mass is 137 g/mol. The van der Waals surface area contributed by atoms with Crippen molar-refractivity contribution in [3.8, 4) is 0 Å². The molecule has 4 nitrogen and oxygen atoms in total. The maximum atomic E-state index is 9.98. The first-order valence-electron chi connectivity index (χ1n) is 1.98. The van der Waals surface area contributed by atoms with Gasteiger partial charge in [-0.1, -0.05) is 0 Å². The highest BCUT2D eigenvalue weighted by Crippen LogP contribution is 1.81. The Morgan fingerprint density at radius 1 is 1.88 bits per heavy atom. The Bertz CT molecular complexity index is 105. The van der Waals surface area contributed by atoms with Crippen LogP contribution in [0.4, 0.5) is 0 Å². The molecule has 0 fully saturated rings. The van der Waals surface area contributed by atoms with Crippen LogP contribution in [-0.4, -0.2) is 20.5 Å². The van der Waals surface area contributed by atoms with Gasteiger partial charge in [0.15, 0.2) is 11.1 Å². The number of rotatable bonds is 3. The van der Waals surface area contributed by atoms with Crippen molar-refractivity contribution in [3.63, 3.8) is 0 Å². The molecule has 0 spiro atoms. The van der Waals surface area contributed by atoms with Crippen LogP contribution in [0.1, 0.15) is 6.92 Å². The van der Waals surface area contributed by atoms with Crippen LogP contribution in [0.25, 0.3) is 0 Å². The molecular weight excluding hydrogens is 130 g/mol. The quantitative estimate of drug-likeness (QED) is 0.399. The Kier molecular flexibility index (Phi) is 3.38. The highest BCUT2D eigenvalue weighted by Gasteiger charge is 2.03. The Morgan fingerprint density at radius 3 is 2.50 bits per heavy atom. The zero-order valence-electron chi connectivity index (χ0n) is 4.33. The average Bonchev–Trinajstić information content (AvgIpc) is 1.67.